The van der Waals surface area contributed by atoms with Crippen LogP contribution in [0.3, 0.4) is 0 Å². The molecular formula is C28H36N4O2S. The highest BCUT2D eigenvalue weighted by molar-refractivity contribution is 7.18. The first kappa shape index (κ1) is 23.2. The van der Waals surface area contributed by atoms with Crippen LogP contribution < -0.4 is 11.2 Å². The molecule has 0 spiro atoms. The standard InChI is InChI=1S/C28H36N4O2S/c33-26-25-23-13-16-30(19-21-9-3-1-4-10-21)20-24(23)35-27(25)31(18-17-29-14-7-8-15-29)28(34)32(26)22-11-5-2-6-12-22/h1,3-4,9-10,22H,2,5-8,11-20H2. The fourth-order valence-corrected chi connectivity index (χ4v) is 7.76. The predicted octanol–water partition coefficient (Wildman–Crippen LogP) is 4.38. The monoisotopic (exact) mass is 492 g/mol. The zero-order chi connectivity index (χ0) is 23.8. The van der Waals surface area contributed by atoms with Gasteiger partial charge in [-0.1, -0.05) is 49.6 Å². The molecule has 2 fully saturated rings. The van der Waals surface area contributed by atoms with Gasteiger partial charge in [-0.25, -0.2) is 4.79 Å². The smallest absolute Gasteiger partial charge is 0.302 e. The van der Waals surface area contributed by atoms with Crippen LogP contribution in [-0.4, -0.2) is 45.1 Å². The number of benzene rings is 1. The van der Waals surface area contributed by atoms with Crippen LogP contribution in [0.15, 0.2) is 39.9 Å². The number of aromatic nitrogens is 2. The number of likely N-dealkylation sites (tertiary alicyclic amines) is 1. The van der Waals surface area contributed by atoms with Crippen molar-refractivity contribution in [2.24, 2.45) is 0 Å². The Morgan fingerprint density at radius 3 is 2.40 bits per heavy atom. The molecule has 0 atom stereocenters. The molecule has 2 aromatic heterocycles. The van der Waals surface area contributed by atoms with Crippen molar-refractivity contribution in [3.05, 3.63) is 67.2 Å². The van der Waals surface area contributed by atoms with Gasteiger partial charge >= 0.3 is 5.69 Å². The first-order valence-electron chi connectivity index (χ1n) is 13.5. The minimum absolute atomic E-state index is 0.0247. The van der Waals surface area contributed by atoms with E-state index in [0.29, 0.717) is 6.54 Å². The second-order valence-corrected chi connectivity index (χ2v) is 11.7. The number of hydrogen-bond acceptors (Lipinski definition) is 5. The Bertz CT molecular complexity index is 1300. The van der Waals surface area contributed by atoms with E-state index in [1.807, 2.05) is 4.57 Å². The maximum atomic E-state index is 13.9. The van der Waals surface area contributed by atoms with Gasteiger partial charge in [0.25, 0.3) is 5.56 Å². The van der Waals surface area contributed by atoms with E-state index in [1.165, 1.54) is 35.3 Å². The second kappa shape index (κ2) is 10.0. The van der Waals surface area contributed by atoms with Crippen molar-refractivity contribution >= 4 is 21.6 Å². The van der Waals surface area contributed by atoms with E-state index in [2.05, 4.69) is 40.1 Å². The van der Waals surface area contributed by atoms with Crippen molar-refractivity contribution in [3.63, 3.8) is 0 Å². The third kappa shape index (κ3) is 4.54. The fraction of sp³-hybridized carbons (Fsp3) is 0.571. The first-order chi connectivity index (χ1) is 17.2. The van der Waals surface area contributed by atoms with Crippen LogP contribution in [0.4, 0.5) is 0 Å². The molecular weight excluding hydrogens is 456 g/mol. The van der Waals surface area contributed by atoms with Crippen LogP contribution in [-0.2, 0) is 26.1 Å². The van der Waals surface area contributed by atoms with Gasteiger partial charge < -0.3 is 4.90 Å². The van der Waals surface area contributed by atoms with E-state index in [4.69, 9.17) is 0 Å². The summed E-state index contributed by atoms with van der Waals surface area (Å²) in [5.74, 6) is 0. The second-order valence-electron chi connectivity index (χ2n) is 10.6. The van der Waals surface area contributed by atoms with Gasteiger partial charge in [-0.05, 0) is 56.3 Å². The molecule has 186 valence electrons. The lowest BCUT2D eigenvalue weighted by molar-refractivity contribution is 0.249. The SMILES string of the molecule is O=c1c2c3c(sc2n(CCN2CCCC2)c(=O)n1C1CCCCC1)CN(Cc1ccccc1)CC3. The maximum absolute atomic E-state index is 13.9. The summed E-state index contributed by atoms with van der Waals surface area (Å²) in [7, 11) is 0. The lowest BCUT2D eigenvalue weighted by atomic mass is 9.95. The Morgan fingerprint density at radius 2 is 1.63 bits per heavy atom. The van der Waals surface area contributed by atoms with Crippen molar-refractivity contribution in [3.8, 4) is 0 Å². The Labute approximate surface area is 210 Å². The molecule has 1 aromatic carbocycles. The van der Waals surface area contributed by atoms with E-state index in [-0.39, 0.29) is 17.3 Å². The van der Waals surface area contributed by atoms with Crippen molar-refractivity contribution in [1.82, 2.24) is 18.9 Å². The molecule has 0 N–H and O–H groups in total. The van der Waals surface area contributed by atoms with Crippen molar-refractivity contribution in [2.75, 3.05) is 26.2 Å². The molecule has 0 amide bonds. The molecule has 0 unspecified atom stereocenters. The third-order valence-electron chi connectivity index (χ3n) is 8.26. The highest BCUT2D eigenvalue weighted by Gasteiger charge is 2.29. The Balaban J connectivity index is 1.40. The summed E-state index contributed by atoms with van der Waals surface area (Å²) in [6, 6.07) is 10.7. The van der Waals surface area contributed by atoms with Crippen LogP contribution in [0.1, 0.15) is 67.0 Å². The van der Waals surface area contributed by atoms with Gasteiger partial charge in [0, 0.05) is 43.6 Å². The summed E-state index contributed by atoms with van der Waals surface area (Å²) in [4.78, 5) is 34.9. The molecule has 35 heavy (non-hydrogen) atoms. The van der Waals surface area contributed by atoms with E-state index < -0.39 is 0 Å². The van der Waals surface area contributed by atoms with E-state index in [9.17, 15) is 9.59 Å². The molecule has 0 radical (unpaired) electrons. The minimum atomic E-state index is -0.0756. The van der Waals surface area contributed by atoms with Gasteiger partial charge in [0.05, 0.1) is 5.39 Å². The van der Waals surface area contributed by atoms with E-state index >= 15 is 0 Å². The molecule has 3 aliphatic rings. The summed E-state index contributed by atoms with van der Waals surface area (Å²) in [5.41, 5.74) is 2.43. The molecule has 2 aliphatic heterocycles. The average molecular weight is 493 g/mol. The predicted molar refractivity (Wildman–Crippen MR) is 142 cm³/mol. The Hall–Kier alpha value is -2.22. The molecule has 0 bridgehead atoms. The van der Waals surface area contributed by atoms with Crippen molar-refractivity contribution in [1.29, 1.82) is 0 Å². The maximum Gasteiger partial charge on any atom is 0.332 e. The summed E-state index contributed by atoms with van der Waals surface area (Å²) in [6.45, 7) is 6.53. The molecule has 6 nitrogen and oxygen atoms in total. The topological polar surface area (TPSA) is 50.5 Å². The zero-order valence-electron chi connectivity index (χ0n) is 20.6. The van der Waals surface area contributed by atoms with Crippen LogP contribution in [0, 0.1) is 0 Å². The van der Waals surface area contributed by atoms with Gasteiger partial charge in [0.2, 0.25) is 0 Å². The normalized spacial score (nSPS) is 20.0. The highest BCUT2D eigenvalue weighted by atomic mass is 32.1. The van der Waals surface area contributed by atoms with Crippen LogP contribution >= 0.6 is 11.3 Å². The van der Waals surface area contributed by atoms with Crippen LogP contribution in [0.2, 0.25) is 0 Å². The van der Waals surface area contributed by atoms with E-state index in [1.54, 1.807) is 15.9 Å². The Kier molecular flexibility index (Phi) is 6.65. The number of fused-ring (bicyclic) bond motifs is 3. The molecule has 1 aliphatic carbocycles. The zero-order valence-corrected chi connectivity index (χ0v) is 21.4. The molecule has 7 heteroatoms. The van der Waals surface area contributed by atoms with Gasteiger partial charge in [0.1, 0.15) is 4.83 Å². The lowest BCUT2D eigenvalue weighted by Crippen LogP contribution is -2.44. The number of hydrogen-bond donors (Lipinski definition) is 0. The number of nitrogens with zero attached hydrogens (tertiary/aromatic N) is 4. The fourth-order valence-electron chi connectivity index (χ4n) is 6.36. The van der Waals surface area contributed by atoms with Crippen LogP contribution in [0.25, 0.3) is 10.2 Å². The van der Waals surface area contributed by atoms with Crippen molar-refractivity contribution in [2.45, 2.75) is 77.0 Å². The molecule has 1 saturated carbocycles. The molecule has 1 saturated heterocycles. The summed E-state index contributed by atoms with van der Waals surface area (Å²) in [6.07, 6.45) is 8.70. The summed E-state index contributed by atoms with van der Waals surface area (Å²) >= 11 is 1.70. The highest BCUT2D eigenvalue weighted by Crippen LogP contribution is 2.34. The van der Waals surface area contributed by atoms with Gasteiger partial charge in [-0.2, -0.15) is 0 Å². The number of thiophene rings is 1. The largest absolute Gasteiger partial charge is 0.332 e. The molecule has 4 heterocycles. The van der Waals surface area contributed by atoms with Gasteiger partial charge in [0.15, 0.2) is 0 Å². The average Bonchev–Trinajstić information content (AvgIpc) is 3.53. The molecule has 6 rings (SSSR count). The van der Waals surface area contributed by atoms with Crippen molar-refractivity contribution < 1.29 is 0 Å². The third-order valence-corrected chi connectivity index (χ3v) is 9.50. The summed E-state index contributed by atoms with van der Waals surface area (Å²) in [5, 5.41) is 0.843. The minimum Gasteiger partial charge on any atom is -0.302 e. The summed E-state index contributed by atoms with van der Waals surface area (Å²) < 4.78 is 3.63. The van der Waals surface area contributed by atoms with Gasteiger partial charge in [-0.15, -0.1) is 11.3 Å². The first-order valence-corrected chi connectivity index (χ1v) is 14.3. The Morgan fingerprint density at radius 1 is 0.857 bits per heavy atom. The van der Waals surface area contributed by atoms with Crippen LogP contribution in [0.5, 0.6) is 0 Å². The lowest BCUT2D eigenvalue weighted by Gasteiger charge is -2.27. The molecule has 3 aromatic rings. The van der Waals surface area contributed by atoms with E-state index in [0.717, 1.165) is 81.6 Å². The quantitative estimate of drug-likeness (QED) is 0.512. The number of rotatable bonds is 6. The van der Waals surface area contributed by atoms with Gasteiger partial charge in [-0.3, -0.25) is 18.8 Å².